The minimum absolute atomic E-state index is 0.0214. The van der Waals surface area contributed by atoms with Crippen LogP contribution in [0.4, 0.5) is 10.7 Å². The number of hydrogen-bond donors (Lipinski definition) is 1. The average molecular weight is 368 g/mol. The predicted molar refractivity (Wildman–Crippen MR) is 91.2 cm³/mol. The molecule has 7 nitrogen and oxygen atoms in total. The molecule has 0 saturated carbocycles. The molecule has 2 heterocycles. The molecule has 9 heteroatoms. The zero-order valence-electron chi connectivity index (χ0n) is 12.8. The lowest BCUT2D eigenvalue weighted by atomic mass is 10.0. The van der Waals surface area contributed by atoms with Gasteiger partial charge in [0.2, 0.25) is 0 Å². The smallest absolute Gasteiger partial charge is 0.304 e. The Labute approximate surface area is 143 Å². The Morgan fingerprint density at radius 2 is 2.04 bits per heavy atom. The number of thiophene rings is 1. The van der Waals surface area contributed by atoms with Crippen molar-refractivity contribution in [3.05, 3.63) is 52.1 Å². The van der Waals surface area contributed by atoms with Gasteiger partial charge < -0.3 is 10.1 Å². The van der Waals surface area contributed by atoms with Crippen molar-refractivity contribution in [2.24, 2.45) is 0 Å². The van der Waals surface area contributed by atoms with Gasteiger partial charge in [0.15, 0.2) is 14.8 Å². The lowest BCUT2D eigenvalue weighted by Gasteiger charge is -2.20. The van der Waals surface area contributed by atoms with Crippen LogP contribution in [0.3, 0.4) is 0 Å². The van der Waals surface area contributed by atoms with Gasteiger partial charge in [-0.05, 0) is 12.0 Å². The first-order chi connectivity index (χ1) is 11.4. The maximum Gasteiger partial charge on any atom is 0.304 e. The minimum Gasteiger partial charge on any atom is -0.371 e. The van der Waals surface area contributed by atoms with Crippen molar-refractivity contribution in [2.45, 2.75) is 22.8 Å². The molecule has 0 aliphatic carbocycles. The topological polar surface area (TPSA) is 98.5 Å². The van der Waals surface area contributed by atoms with E-state index in [9.17, 15) is 18.5 Å². The third-order valence-corrected chi connectivity index (χ3v) is 6.65. The predicted octanol–water partition coefficient (Wildman–Crippen LogP) is 3.00. The maximum atomic E-state index is 11.7. The molecule has 0 bridgehead atoms. The highest BCUT2D eigenvalue weighted by molar-refractivity contribution is 7.92. The Bertz CT molecular complexity index is 848. The van der Waals surface area contributed by atoms with E-state index in [1.165, 1.54) is 0 Å². The van der Waals surface area contributed by atoms with E-state index in [1.807, 2.05) is 30.3 Å². The molecule has 1 aromatic carbocycles. The monoisotopic (exact) mass is 368 g/mol. The molecule has 24 heavy (non-hydrogen) atoms. The fourth-order valence-corrected chi connectivity index (χ4v) is 4.66. The Morgan fingerprint density at radius 3 is 2.67 bits per heavy atom. The molecule has 1 saturated heterocycles. The Kier molecular flexibility index (Phi) is 4.57. The molecule has 1 aliphatic rings. The van der Waals surface area contributed by atoms with Gasteiger partial charge in [-0.25, -0.2) is 8.42 Å². The summed E-state index contributed by atoms with van der Waals surface area (Å²) in [5.41, 5.74) is 0.759. The van der Waals surface area contributed by atoms with Gasteiger partial charge >= 0.3 is 5.69 Å². The van der Waals surface area contributed by atoms with E-state index in [0.29, 0.717) is 13.0 Å². The van der Waals surface area contributed by atoms with Crippen molar-refractivity contribution < 1.29 is 18.1 Å². The SMILES string of the molecule is CS(=O)(=O)c1cc([N+](=O)[O-])c(NC2CCOC2c2ccccc2)s1. The van der Waals surface area contributed by atoms with Gasteiger partial charge in [0.1, 0.15) is 10.3 Å². The van der Waals surface area contributed by atoms with Crippen molar-refractivity contribution in [3.8, 4) is 0 Å². The summed E-state index contributed by atoms with van der Waals surface area (Å²) in [7, 11) is -3.49. The molecule has 128 valence electrons. The summed E-state index contributed by atoms with van der Waals surface area (Å²) in [6, 6.07) is 10.5. The van der Waals surface area contributed by atoms with Gasteiger partial charge in [0, 0.05) is 18.9 Å². The van der Waals surface area contributed by atoms with E-state index >= 15 is 0 Å². The molecule has 1 aromatic heterocycles. The second-order valence-electron chi connectivity index (χ2n) is 5.55. The standard InChI is InChI=1S/C15H16N2O5S2/c1-24(20,21)13-9-12(17(18)19)15(23-13)16-11-7-8-22-14(11)10-5-3-2-4-6-10/h2-6,9,11,14,16H,7-8H2,1H3. The quantitative estimate of drug-likeness (QED) is 0.643. The maximum absolute atomic E-state index is 11.7. The lowest BCUT2D eigenvalue weighted by molar-refractivity contribution is -0.383. The van der Waals surface area contributed by atoms with Crippen LogP contribution >= 0.6 is 11.3 Å². The summed E-state index contributed by atoms with van der Waals surface area (Å²) in [4.78, 5) is 10.7. The number of nitrogens with zero attached hydrogens (tertiary/aromatic N) is 1. The normalized spacial score (nSPS) is 20.9. The highest BCUT2D eigenvalue weighted by atomic mass is 32.2. The van der Waals surface area contributed by atoms with Gasteiger partial charge in [-0.3, -0.25) is 10.1 Å². The Morgan fingerprint density at radius 1 is 1.33 bits per heavy atom. The fraction of sp³-hybridized carbons (Fsp3) is 0.333. The van der Waals surface area contributed by atoms with Crippen LogP contribution in [-0.4, -0.2) is 32.2 Å². The molecule has 0 amide bonds. The summed E-state index contributed by atoms with van der Waals surface area (Å²) in [5.74, 6) is 0. The molecular formula is C15H16N2O5S2. The van der Waals surface area contributed by atoms with Crippen LogP contribution in [0.25, 0.3) is 0 Å². The third kappa shape index (κ3) is 3.42. The van der Waals surface area contributed by atoms with E-state index in [-0.39, 0.29) is 27.0 Å². The van der Waals surface area contributed by atoms with Gasteiger partial charge in [-0.15, -0.1) is 0 Å². The van der Waals surface area contributed by atoms with Crippen LogP contribution < -0.4 is 5.32 Å². The minimum atomic E-state index is -3.49. The second-order valence-corrected chi connectivity index (χ2v) is 8.85. The third-order valence-electron chi connectivity index (χ3n) is 3.79. The van der Waals surface area contributed by atoms with Crippen LogP contribution in [-0.2, 0) is 14.6 Å². The molecule has 2 aromatic rings. The fourth-order valence-electron chi connectivity index (χ4n) is 2.66. The number of nitrogens with one attached hydrogen (secondary N) is 1. The molecule has 0 radical (unpaired) electrons. The van der Waals surface area contributed by atoms with Gasteiger partial charge in [-0.2, -0.15) is 0 Å². The summed E-state index contributed by atoms with van der Waals surface area (Å²) in [6.45, 7) is 0.537. The van der Waals surface area contributed by atoms with Crippen LogP contribution in [0.15, 0.2) is 40.6 Å². The summed E-state index contributed by atoms with van der Waals surface area (Å²) < 4.78 is 29.1. The molecule has 2 unspecified atom stereocenters. The number of anilines is 1. The molecular weight excluding hydrogens is 352 g/mol. The molecule has 0 spiro atoms. The van der Waals surface area contributed by atoms with Crippen molar-refractivity contribution in [1.29, 1.82) is 0 Å². The largest absolute Gasteiger partial charge is 0.371 e. The van der Waals surface area contributed by atoms with E-state index in [4.69, 9.17) is 4.74 Å². The molecule has 2 atom stereocenters. The van der Waals surface area contributed by atoms with Gasteiger partial charge in [0.25, 0.3) is 0 Å². The lowest BCUT2D eigenvalue weighted by Crippen LogP contribution is -2.23. The molecule has 1 fully saturated rings. The van der Waals surface area contributed by atoms with Crippen molar-refractivity contribution in [3.63, 3.8) is 0 Å². The second kappa shape index (κ2) is 6.50. The van der Waals surface area contributed by atoms with Gasteiger partial charge in [0.05, 0.1) is 11.0 Å². The van der Waals surface area contributed by atoms with Crippen LogP contribution in [0.5, 0.6) is 0 Å². The van der Waals surface area contributed by atoms with E-state index in [0.717, 1.165) is 29.2 Å². The average Bonchev–Trinajstić information content (AvgIpc) is 3.15. The van der Waals surface area contributed by atoms with Crippen molar-refractivity contribution in [2.75, 3.05) is 18.2 Å². The van der Waals surface area contributed by atoms with E-state index in [2.05, 4.69) is 5.32 Å². The number of hydrogen-bond acceptors (Lipinski definition) is 7. The molecule has 1 N–H and O–H groups in total. The summed E-state index contributed by atoms with van der Waals surface area (Å²) in [6.07, 6.45) is 1.50. The number of benzene rings is 1. The first-order valence-corrected chi connectivity index (χ1v) is 9.98. The first kappa shape index (κ1) is 16.9. The van der Waals surface area contributed by atoms with Crippen LogP contribution in [0.2, 0.25) is 0 Å². The summed E-state index contributed by atoms with van der Waals surface area (Å²) in [5, 5.41) is 14.6. The van der Waals surface area contributed by atoms with E-state index < -0.39 is 14.8 Å². The zero-order valence-corrected chi connectivity index (χ0v) is 14.5. The Hall–Kier alpha value is -1.97. The summed E-state index contributed by atoms with van der Waals surface area (Å²) >= 11 is 0.883. The zero-order chi connectivity index (χ0) is 17.3. The van der Waals surface area contributed by atoms with Crippen LogP contribution in [0.1, 0.15) is 18.1 Å². The molecule has 3 rings (SSSR count). The van der Waals surface area contributed by atoms with E-state index in [1.54, 1.807) is 0 Å². The number of sulfone groups is 1. The first-order valence-electron chi connectivity index (χ1n) is 7.27. The molecule has 1 aliphatic heterocycles. The number of ether oxygens (including phenoxy) is 1. The highest BCUT2D eigenvalue weighted by Crippen LogP contribution is 2.40. The number of rotatable bonds is 5. The Balaban J connectivity index is 1.90. The van der Waals surface area contributed by atoms with Crippen molar-refractivity contribution >= 4 is 31.9 Å². The highest BCUT2D eigenvalue weighted by Gasteiger charge is 2.33. The van der Waals surface area contributed by atoms with Crippen LogP contribution in [0, 0.1) is 10.1 Å². The van der Waals surface area contributed by atoms with Gasteiger partial charge in [-0.1, -0.05) is 41.7 Å². The number of nitro groups is 1. The van der Waals surface area contributed by atoms with Crippen molar-refractivity contribution in [1.82, 2.24) is 0 Å².